The Kier molecular flexibility index (Phi) is 16.5. The Morgan fingerprint density at radius 3 is 1.29 bits per heavy atom. The van der Waals surface area contributed by atoms with Gasteiger partial charge in [0.2, 0.25) is 0 Å². The van der Waals surface area contributed by atoms with Crippen LogP contribution >= 0.6 is 0 Å². The molecule has 0 aliphatic rings. The van der Waals surface area contributed by atoms with Gasteiger partial charge in [0, 0.05) is 6.42 Å². The van der Waals surface area contributed by atoms with Crippen molar-refractivity contribution >= 4 is 6.29 Å². The average Bonchev–Trinajstić information content (AvgIpc) is 2.63. The van der Waals surface area contributed by atoms with Gasteiger partial charge in [-0.25, -0.2) is 0 Å². The van der Waals surface area contributed by atoms with Crippen LogP contribution in [0, 0.1) is 0 Å². The number of rotatable bonds is 15. The largest absolute Gasteiger partial charge is 0.291 e. The molecule has 0 saturated heterocycles. The summed E-state index contributed by atoms with van der Waals surface area (Å²) in [5.74, 6) is 0. The van der Waals surface area contributed by atoms with E-state index >= 15 is 0 Å². The molecule has 0 aliphatic heterocycles. The second-order valence-electron chi connectivity index (χ2n) is 8.32. The lowest BCUT2D eigenvalue weighted by molar-refractivity contribution is 0.551. The van der Waals surface area contributed by atoms with Gasteiger partial charge in [-0.15, -0.1) is 0 Å². The van der Waals surface area contributed by atoms with E-state index < -0.39 is 0 Å². The van der Waals surface area contributed by atoms with E-state index in [4.69, 9.17) is 0 Å². The standard InChI is InChI=1S/C27H43O/c1-23(2)13-9-16-26(5)19-10-17-24(3)14-7-8-15-25(4)18-11-20-27(6)21-12-22-28/h13-15,19-20H,7-12,16-18,21H2,1-6H3/b24-14+,25-15+,26-19+,27-20+. The van der Waals surface area contributed by atoms with Gasteiger partial charge in [0.05, 0.1) is 0 Å². The topological polar surface area (TPSA) is 17.1 Å². The molecule has 0 aliphatic carbocycles. The van der Waals surface area contributed by atoms with Crippen LogP contribution in [-0.4, -0.2) is 6.29 Å². The Bertz CT molecular complexity index is 577. The van der Waals surface area contributed by atoms with Crippen LogP contribution in [0.15, 0.2) is 58.2 Å². The van der Waals surface area contributed by atoms with E-state index in [1.54, 1.807) is 0 Å². The Morgan fingerprint density at radius 2 is 0.893 bits per heavy atom. The van der Waals surface area contributed by atoms with Crippen molar-refractivity contribution < 1.29 is 4.79 Å². The van der Waals surface area contributed by atoms with Gasteiger partial charge in [-0.3, -0.25) is 4.79 Å². The first-order valence-corrected chi connectivity index (χ1v) is 11.0. The zero-order valence-electron chi connectivity index (χ0n) is 19.4. The molecule has 0 aromatic carbocycles. The van der Waals surface area contributed by atoms with E-state index in [-0.39, 0.29) is 0 Å². The van der Waals surface area contributed by atoms with Gasteiger partial charge in [-0.1, -0.05) is 58.2 Å². The minimum atomic E-state index is 0.522. The Morgan fingerprint density at radius 1 is 0.536 bits per heavy atom. The van der Waals surface area contributed by atoms with Crippen LogP contribution in [0.25, 0.3) is 0 Å². The Hall–Kier alpha value is -1.63. The van der Waals surface area contributed by atoms with Crippen LogP contribution in [0.5, 0.6) is 0 Å². The maximum atomic E-state index is 10.3. The molecule has 0 rings (SSSR count). The minimum absolute atomic E-state index is 0.522. The predicted molar refractivity (Wildman–Crippen MR) is 126 cm³/mol. The maximum absolute atomic E-state index is 10.3. The fourth-order valence-electron chi connectivity index (χ4n) is 3.00. The zero-order valence-corrected chi connectivity index (χ0v) is 19.4. The lowest BCUT2D eigenvalue weighted by Gasteiger charge is -2.02. The molecule has 0 N–H and O–H groups in total. The number of hydrogen-bond acceptors (Lipinski definition) is 1. The van der Waals surface area contributed by atoms with Crippen LogP contribution in [0.3, 0.4) is 0 Å². The van der Waals surface area contributed by atoms with E-state index in [0.717, 1.165) is 44.9 Å². The summed E-state index contributed by atoms with van der Waals surface area (Å²) in [6, 6.07) is 0. The first kappa shape index (κ1) is 26.4. The first-order chi connectivity index (χ1) is 13.3. The molecule has 0 aromatic rings. The third-order valence-electron chi connectivity index (χ3n) is 4.93. The van der Waals surface area contributed by atoms with Crippen molar-refractivity contribution in [3.63, 3.8) is 0 Å². The summed E-state index contributed by atoms with van der Waals surface area (Å²) in [4.78, 5) is 10.3. The summed E-state index contributed by atoms with van der Waals surface area (Å²) < 4.78 is 0. The number of allylic oxidation sites excluding steroid dienone is 10. The summed E-state index contributed by atoms with van der Waals surface area (Å²) in [5, 5.41) is 0. The molecule has 1 nitrogen and oxygen atoms in total. The van der Waals surface area contributed by atoms with Crippen molar-refractivity contribution in [1.29, 1.82) is 0 Å². The van der Waals surface area contributed by atoms with Gasteiger partial charge in [-0.05, 0) is 99.3 Å². The summed E-state index contributed by atoms with van der Waals surface area (Å²) in [6.07, 6.45) is 24.2. The molecule has 1 heteroatoms. The molecular formula is C27H43O. The smallest absolute Gasteiger partial charge is 0.198 e. The van der Waals surface area contributed by atoms with E-state index in [9.17, 15) is 4.79 Å². The Labute approximate surface area is 175 Å². The molecular weight excluding hydrogens is 340 g/mol. The minimum Gasteiger partial charge on any atom is -0.291 e. The second kappa shape index (κ2) is 17.5. The lowest BCUT2D eigenvalue weighted by atomic mass is 10.0. The fraction of sp³-hybridized carbons (Fsp3) is 0.593. The van der Waals surface area contributed by atoms with Gasteiger partial charge >= 0.3 is 0 Å². The van der Waals surface area contributed by atoms with E-state index in [0.29, 0.717) is 6.42 Å². The fourth-order valence-corrected chi connectivity index (χ4v) is 3.00. The average molecular weight is 384 g/mol. The lowest BCUT2D eigenvalue weighted by Crippen LogP contribution is -1.82. The van der Waals surface area contributed by atoms with Gasteiger partial charge in [0.25, 0.3) is 0 Å². The molecule has 0 unspecified atom stereocenters. The first-order valence-electron chi connectivity index (χ1n) is 11.0. The van der Waals surface area contributed by atoms with Crippen molar-refractivity contribution in [3.05, 3.63) is 58.2 Å². The normalized spacial score (nSPS) is 13.6. The highest BCUT2D eigenvalue weighted by molar-refractivity contribution is 5.50. The van der Waals surface area contributed by atoms with Crippen molar-refractivity contribution in [2.75, 3.05) is 0 Å². The summed E-state index contributed by atoms with van der Waals surface area (Å²) >= 11 is 0. The van der Waals surface area contributed by atoms with Crippen molar-refractivity contribution in [3.8, 4) is 0 Å². The van der Waals surface area contributed by atoms with Crippen molar-refractivity contribution in [2.45, 2.75) is 106 Å². The van der Waals surface area contributed by atoms with Gasteiger partial charge in [-0.2, -0.15) is 0 Å². The number of carbonyl (C=O) groups excluding carboxylic acids is 1. The van der Waals surface area contributed by atoms with Crippen LogP contribution < -0.4 is 0 Å². The molecule has 28 heavy (non-hydrogen) atoms. The molecule has 0 spiro atoms. The third-order valence-corrected chi connectivity index (χ3v) is 4.93. The molecule has 157 valence electrons. The highest BCUT2D eigenvalue weighted by atomic mass is 16.1. The number of hydrogen-bond donors (Lipinski definition) is 0. The summed E-state index contributed by atoms with van der Waals surface area (Å²) in [6.45, 7) is 13.2. The predicted octanol–water partition coefficient (Wildman–Crippen LogP) is 8.75. The van der Waals surface area contributed by atoms with E-state index in [2.05, 4.69) is 71.9 Å². The summed E-state index contributed by atoms with van der Waals surface area (Å²) in [5.41, 5.74) is 7.20. The van der Waals surface area contributed by atoms with E-state index in [1.165, 1.54) is 40.7 Å². The molecule has 0 fully saturated rings. The maximum Gasteiger partial charge on any atom is 0.198 e. The molecule has 0 atom stereocenters. The SMILES string of the molecule is CC(C)=CCC/C(C)=C/CC/C(C)=C/CC/C=C(\C)CC/C=C(\C)CC[C]=O. The van der Waals surface area contributed by atoms with Crippen molar-refractivity contribution in [1.82, 2.24) is 0 Å². The monoisotopic (exact) mass is 383 g/mol. The molecule has 0 bridgehead atoms. The molecule has 0 heterocycles. The van der Waals surface area contributed by atoms with Crippen LogP contribution in [0.2, 0.25) is 0 Å². The van der Waals surface area contributed by atoms with E-state index in [1.807, 2.05) is 6.29 Å². The van der Waals surface area contributed by atoms with Crippen LogP contribution in [0.1, 0.15) is 106 Å². The van der Waals surface area contributed by atoms with Crippen LogP contribution in [-0.2, 0) is 4.79 Å². The van der Waals surface area contributed by atoms with Crippen LogP contribution in [0.4, 0.5) is 0 Å². The zero-order chi connectivity index (χ0) is 21.2. The molecule has 1 radical (unpaired) electrons. The summed E-state index contributed by atoms with van der Waals surface area (Å²) in [7, 11) is 0. The second-order valence-corrected chi connectivity index (χ2v) is 8.32. The highest BCUT2D eigenvalue weighted by Gasteiger charge is 1.94. The van der Waals surface area contributed by atoms with Gasteiger partial charge in [0.1, 0.15) is 0 Å². The van der Waals surface area contributed by atoms with Gasteiger partial charge < -0.3 is 0 Å². The number of unbranched alkanes of at least 4 members (excludes halogenated alkanes) is 1. The molecule has 0 saturated carbocycles. The highest BCUT2D eigenvalue weighted by Crippen LogP contribution is 2.14. The Balaban J connectivity index is 4.02. The quantitative estimate of drug-likeness (QED) is 0.204. The van der Waals surface area contributed by atoms with Crippen molar-refractivity contribution in [2.24, 2.45) is 0 Å². The third kappa shape index (κ3) is 17.8. The van der Waals surface area contributed by atoms with Gasteiger partial charge in [0.15, 0.2) is 6.29 Å². The molecule has 0 amide bonds. The molecule has 0 aromatic heterocycles.